The van der Waals surface area contributed by atoms with Crippen molar-refractivity contribution in [2.75, 3.05) is 47.4 Å². The summed E-state index contributed by atoms with van der Waals surface area (Å²) in [5.74, 6) is 1.15. The third kappa shape index (κ3) is 9.78. The van der Waals surface area contributed by atoms with Gasteiger partial charge in [-0.3, -0.25) is 14.5 Å². The van der Waals surface area contributed by atoms with E-state index in [2.05, 4.69) is 54.1 Å². The average Bonchev–Trinajstić information content (AvgIpc) is 3.52. The molecule has 0 aliphatic heterocycles. The van der Waals surface area contributed by atoms with E-state index in [4.69, 9.17) is 9.47 Å². The lowest BCUT2D eigenvalue weighted by molar-refractivity contribution is 0.0745. The quantitative estimate of drug-likeness (QED) is 0.233. The maximum absolute atomic E-state index is 12.9. The molecule has 1 unspecified atom stereocenters. The summed E-state index contributed by atoms with van der Waals surface area (Å²) in [4.78, 5) is 29.9. The van der Waals surface area contributed by atoms with E-state index in [1.165, 1.54) is 18.2 Å². The van der Waals surface area contributed by atoms with Gasteiger partial charge in [0.15, 0.2) is 0 Å². The molecule has 0 aromatic heterocycles. The zero-order valence-electron chi connectivity index (χ0n) is 27.4. The van der Waals surface area contributed by atoms with Gasteiger partial charge in [-0.2, -0.15) is 0 Å². The molecule has 3 aromatic carbocycles. The highest BCUT2D eigenvalue weighted by Crippen LogP contribution is 2.30. The number of carbonyl (C=O) groups is 2. The number of aliphatic hydroxyl groups excluding tert-OH is 1. The number of methoxy groups -OCH3 is 2. The number of rotatable bonds is 15. The average molecular weight is 619 g/mol. The van der Waals surface area contributed by atoms with Gasteiger partial charge in [0, 0.05) is 61.5 Å². The largest absolute Gasteiger partial charge is 0.497 e. The number of nitrogens with zero attached hydrogens (tertiary/aromatic N) is 2. The molecule has 0 heterocycles. The summed E-state index contributed by atoms with van der Waals surface area (Å²) in [5, 5.41) is 14.0. The van der Waals surface area contributed by atoms with E-state index in [0.717, 1.165) is 42.7 Å². The van der Waals surface area contributed by atoms with E-state index in [1.807, 2.05) is 23.1 Å². The van der Waals surface area contributed by atoms with Crippen LogP contribution in [0.4, 0.5) is 0 Å². The highest BCUT2D eigenvalue weighted by atomic mass is 16.5. The molecule has 9 heteroatoms. The molecule has 0 radical (unpaired) electrons. The highest BCUT2D eigenvalue weighted by molar-refractivity contribution is 5.97. The smallest absolute Gasteiger partial charge is 0.253 e. The first-order valence-corrected chi connectivity index (χ1v) is 15.8. The zero-order valence-corrected chi connectivity index (χ0v) is 27.4. The van der Waals surface area contributed by atoms with Crippen molar-refractivity contribution < 1.29 is 24.2 Å². The van der Waals surface area contributed by atoms with E-state index in [9.17, 15) is 14.7 Å². The topological polar surface area (TPSA) is 117 Å². The summed E-state index contributed by atoms with van der Waals surface area (Å²) in [7, 11) is 4.77. The van der Waals surface area contributed by atoms with Crippen LogP contribution in [0.5, 0.6) is 11.5 Å². The summed E-state index contributed by atoms with van der Waals surface area (Å²) in [5.41, 5.74) is 9.18. The highest BCUT2D eigenvalue weighted by Gasteiger charge is 2.29. The first-order valence-electron chi connectivity index (χ1n) is 15.8. The van der Waals surface area contributed by atoms with E-state index in [-0.39, 0.29) is 24.4 Å². The molecule has 4 N–H and O–H groups in total. The lowest BCUT2D eigenvalue weighted by atomic mass is 10.1. The van der Waals surface area contributed by atoms with E-state index < -0.39 is 6.10 Å². The van der Waals surface area contributed by atoms with Gasteiger partial charge in [-0.15, -0.1) is 0 Å². The van der Waals surface area contributed by atoms with E-state index >= 15 is 0 Å². The second-order valence-corrected chi connectivity index (χ2v) is 11.2. The molecule has 1 aliphatic carbocycles. The van der Waals surface area contributed by atoms with E-state index in [0.29, 0.717) is 37.3 Å². The van der Waals surface area contributed by atoms with Gasteiger partial charge in [-0.05, 0) is 74.2 Å². The minimum absolute atomic E-state index is 0.0197. The van der Waals surface area contributed by atoms with Crippen molar-refractivity contribution >= 4 is 11.8 Å². The first-order chi connectivity index (χ1) is 21.9. The van der Waals surface area contributed by atoms with Crippen LogP contribution >= 0.6 is 0 Å². The van der Waals surface area contributed by atoms with Crippen molar-refractivity contribution in [3.05, 3.63) is 94.5 Å². The Morgan fingerprint density at radius 3 is 2.07 bits per heavy atom. The van der Waals surface area contributed by atoms with Crippen molar-refractivity contribution in [1.82, 2.24) is 15.1 Å². The number of amides is 2. The van der Waals surface area contributed by atoms with Crippen LogP contribution in [0.2, 0.25) is 0 Å². The lowest BCUT2D eigenvalue weighted by Gasteiger charge is -2.31. The fraction of sp³-hybridized carbons (Fsp3) is 0.444. The third-order valence-corrected chi connectivity index (χ3v) is 8.03. The van der Waals surface area contributed by atoms with Crippen molar-refractivity contribution in [1.29, 1.82) is 0 Å². The molecule has 0 saturated carbocycles. The zero-order chi connectivity index (χ0) is 32.8. The maximum Gasteiger partial charge on any atom is 0.253 e. The Balaban J connectivity index is 0.00000271. The van der Waals surface area contributed by atoms with Gasteiger partial charge >= 0.3 is 0 Å². The molecule has 4 rings (SSSR count). The molecule has 0 bridgehead atoms. The molecule has 0 fully saturated rings. The monoisotopic (exact) mass is 618 g/mol. The molecular formula is C36H50N4O5. The van der Waals surface area contributed by atoms with Crippen molar-refractivity contribution in [3.63, 3.8) is 0 Å². The Hall–Kier alpha value is -3.92. The van der Waals surface area contributed by atoms with Crippen molar-refractivity contribution in [2.24, 2.45) is 5.73 Å². The molecule has 1 atom stereocenters. The van der Waals surface area contributed by atoms with Crippen molar-refractivity contribution in [2.45, 2.75) is 58.2 Å². The van der Waals surface area contributed by atoms with Crippen LogP contribution in [0, 0.1) is 0 Å². The molecule has 0 saturated heterocycles. The summed E-state index contributed by atoms with van der Waals surface area (Å²) in [6, 6.07) is 21.2. The summed E-state index contributed by atoms with van der Waals surface area (Å²) in [6.07, 6.45) is 2.80. The SMILES string of the molecule is CCCN(CCC)C(=O)c1ccc(C(=O)NCC(O)CN(Cc2ccc(OC)cc2OC)C2Cc3ccccc3C2)cc1.CN. The van der Waals surface area contributed by atoms with Gasteiger partial charge in [0.05, 0.1) is 20.3 Å². The number of hydrogen-bond acceptors (Lipinski definition) is 7. The van der Waals surface area contributed by atoms with Gasteiger partial charge in [0.25, 0.3) is 11.8 Å². The minimum Gasteiger partial charge on any atom is -0.497 e. The summed E-state index contributed by atoms with van der Waals surface area (Å²) >= 11 is 0. The molecule has 45 heavy (non-hydrogen) atoms. The normalized spacial score (nSPS) is 13.0. The van der Waals surface area contributed by atoms with Crippen LogP contribution in [0.15, 0.2) is 66.7 Å². The van der Waals surface area contributed by atoms with Gasteiger partial charge in [-0.1, -0.05) is 44.2 Å². The summed E-state index contributed by atoms with van der Waals surface area (Å²) < 4.78 is 11.0. The molecule has 244 valence electrons. The van der Waals surface area contributed by atoms with Gasteiger partial charge in [-0.25, -0.2) is 0 Å². The van der Waals surface area contributed by atoms with Crippen LogP contribution in [0.25, 0.3) is 0 Å². The minimum atomic E-state index is -0.783. The molecule has 2 amide bonds. The third-order valence-electron chi connectivity index (χ3n) is 8.03. The molecule has 1 aliphatic rings. The summed E-state index contributed by atoms with van der Waals surface area (Å²) in [6.45, 7) is 6.60. The van der Waals surface area contributed by atoms with Gasteiger partial charge in [0.1, 0.15) is 11.5 Å². The Labute approximate surface area is 268 Å². The number of nitrogens with two attached hydrogens (primary N) is 1. The number of hydrogen-bond donors (Lipinski definition) is 3. The molecule has 9 nitrogen and oxygen atoms in total. The molecule has 0 spiro atoms. The van der Waals surface area contributed by atoms with Crippen LogP contribution in [-0.2, 0) is 19.4 Å². The standard InChI is InChI=1S/C35H45N3O5.CH5N/c1-5-17-37(18-6-2)35(41)26-13-11-25(12-14-26)34(40)36-22-31(39)24-38(30-19-27-9-7-8-10-28(27)20-30)23-29-15-16-32(42-3)21-33(29)43-4;1-2/h7-16,21,30-31,39H,5-6,17-20,22-24H2,1-4H3,(H,36,40);2H2,1H3. The predicted molar refractivity (Wildman–Crippen MR) is 179 cm³/mol. The van der Waals surface area contributed by atoms with E-state index in [1.54, 1.807) is 38.5 Å². The molecule has 3 aromatic rings. The van der Waals surface area contributed by atoms with Gasteiger partial charge in [0.2, 0.25) is 0 Å². The maximum atomic E-state index is 12.9. The van der Waals surface area contributed by atoms with Gasteiger partial charge < -0.3 is 30.5 Å². The number of ether oxygens (including phenoxy) is 2. The number of benzene rings is 3. The number of carbonyl (C=O) groups excluding carboxylic acids is 2. The lowest BCUT2D eigenvalue weighted by Crippen LogP contribution is -2.44. The van der Waals surface area contributed by atoms with Crippen LogP contribution < -0.4 is 20.5 Å². The molecular weight excluding hydrogens is 568 g/mol. The first kappa shape index (κ1) is 35.6. The Bertz CT molecular complexity index is 1330. The second-order valence-electron chi connectivity index (χ2n) is 11.2. The Kier molecular flexibility index (Phi) is 14.3. The van der Waals surface area contributed by atoms with Crippen LogP contribution in [-0.4, -0.2) is 86.3 Å². The number of nitrogens with one attached hydrogen (secondary N) is 1. The fourth-order valence-electron chi connectivity index (χ4n) is 5.79. The Morgan fingerprint density at radius 1 is 0.911 bits per heavy atom. The second kappa shape index (κ2) is 18.1. The van der Waals surface area contributed by atoms with Crippen LogP contribution in [0.3, 0.4) is 0 Å². The number of fused-ring (bicyclic) bond motifs is 1. The number of aliphatic hydroxyl groups is 1. The van der Waals surface area contributed by atoms with Crippen molar-refractivity contribution in [3.8, 4) is 11.5 Å². The fourth-order valence-corrected chi connectivity index (χ4v) is 5.79. The van der Waals surface area contributed by atoms with Crippen LogP contribution in [0.1, 0.15) is 64.1 Å². The predicted octanol–water partition coefficient (Wildman–Crippen LogP) is 4.30. The Morgan fingerprint density at radius 2 is 1.51 bits per heavy atom.